The van der Waals surface area contributed by atoms with Gasteiger partial charge in [-0.2, -0.15) is 0 Å². The molecule has 1 aliphatic heterocycles. The summed E-state index contributed by atoms with van der Waals surface area (Å²) in [6, 6.07) is 7.99. The summed E-state index contributed by atoms with van der Waals surface area (Å²) in [5.41, 5.74) is 1.28. The van der Waals surface area contributed by atoms with E-state index >= 15 is 0 Å². The van der Waals surface area contributed by atoms with Crippen molar-refractivity contribution < 1.29 is 14.8 Å². The van der Waals surface area contributed by atoms with E-state index < -0.39 is 0 Å². The fourth-order valence-electron chi connectivity index (χ4n) is 2.19. The van der Waals surface area contributed by atoms with Crippen LogP contribution >= 0.6 is 0 Å². The molecule has 1 saturated heterocycles. The molecule has 0 saturated carbocycles. The van der Waals surface area contributed by atoms with E-state index in [4.69, 9.17) is 4.74 Å². The summed E-state index contributed by atoms with van der Waals surface area (Å²) in [4.78, 5) is 13.8. The Morgan fingerprint density at radius 3 is 2.47 bits per heavy atom. The maximum atomic E-state index is 11.9. The molecule has 0 bridgehead atoms. The Balaban J connectivity index is 1.82. The van der Waals surface area contributed by atoms with Crippen molar-refractivity contribution >= 4 is 5.91 Å². The van der Waals surface area contributed by atoms with E-state index in [1.165, 1.54) is 5.56 Å². The zero-order valence-electron chi connectivity index (χ0n) is 11.8. The standard InChI is InChI=1S/C15H22N2O2/c1-12(2)13-3-5-14(6-4-13)19-11-15(18)17-9-7-16-8-10-17/h3-6,12,16H,7-11H2,1-2H3/p+1. The quantitative estimate of drug-likeness (QED) is 0.864. The van der Waals surface area contributed by atoms with Gasteiger partial charge in [-0.25, -0.2) is 0 Å². The van der Waals surface area contributed by atoms with E-state index in [9.17, 15) is 4.79 Å². The molecule has 1 amide bonds. The van der Waals surface area contributed by atoms with Crippen LogP contribution < -0.4 is 10.1 Å². The van der Waals surface area contributed by atoms with E-state index in [-0.39, 0.29) is 12.5 Å². The number of ether oxygens (including phenoxy) is 1. The molecule has 0 atom stereocenters. The molecular weight excluding hydrogens is 240 g/mol. The van der Waals surface area contributed by atoms with E-state index in [1.54, 1.807) is 0 Å². The summed E-state index contributed by atoms with van der Waals surface area (Å²) in [6.45, 7) is 8.10. The Morgan fingerprint density at radius 1 is 1.26 bits per heavy atom. The Labute approximate surface area is 114 Å². The van der Waals surface area contributed by atoms with Crippen molar-refractivity contribution in [3.8, 4) is 5.75 Å². The van der Waals surface area contributed by atoms with Gasteiger partial charge in [0.25, 0.3) is 5.91 Å². The number of hydrogen-bond acceptors (Lipinski definition) is 2. The molecule has 1 fully saturated rings. The van der Waals surface area contributed by atoms with Crippen LogP contribution in [0.1, 0.15) is 25.3 Å². The second-order valence-electron chi connectivity index (χ2n) is 5.26. The second-order valence-corrected chi connectivity index (χ2v) is 5.26. The van der Waals surface area contributed by atoms with Gasteiger partial charge in [-0.1, -0.05) is 26.0 Å². The van der Waals surface area contributed by atoms with Crippen LogP contribution in [0, 0.1) is 0 Å². The summed E-state index contributed by atoms with van der Waals surface area (Å²) in [6.07, 6.45) is 0. The van der Waals surface area contributed by atoms with Crippen LogP contribution in [0.2, 0.25) is 0 Å². The minimum absolute atomic E-state index is 0.0843. The molecule has 104 valence electrons. The minimum Gasteiger partial charge on any atom is -0.484 e. The lowest BCUT2D eigenvalue weighted by Gasteiger charge is -2.25. The van der Waals surface area contributed by atoms with Crippen LogP contribution in [0.5, 0.6) is 5.75 Å². The third-order valence-corrected chi connectivity index (χ3v) is 3.47. The largest absolute Gasteiger partial charge is 0.484 e. The fourth-order valence-corrected chi connectivity index (χ4v) is 2.19. The van der Waals surface area contributed by atoms with Crippen LogP contribution in [0.4, 0.5) is 0 Å². The van der Waals surface area contributed by atoms with Gasteiger partial charge in [0, 0.05) is 0 Å². The summed E-state index contributed by atoms with van der Waals surface area (Å²) < 4.78 is 5.55. The molecular formula is C15H23N2O2+. The first-order valence-corrected chi connectivity index (χ1v) is 6.99. The molecule has 1 aliphatic rings. The third-order valence-electron chi connectivity index (χ3n) is 3.47. The SMILES string of the molecule is CC(C)c1ccc(OCC(=O)N2CC[NH2+]CC2)cc1. The van der Waals surface area contributed by atoms with Crippen molar-refractivity contribution in [2.45, 2.75) is 19.8 Å². The Kier molecular flexibility index (Phi) is 4.80. The monoisotopic (exact) mass is 263 g/mol. The first-order chi connectivity index (χ1) is 9.16. The predicted molar refractivity (Wildman–Crippen MR) is 74.3 cm³/mol. The highest BCUT2D eigenvalue weighted by Crippen LogP contribution is 2.18. The van der Waals surface area contributed by atoms with Crippen LogP contribution in [0.3, 0.4) is 0 Å². The molecule has 1 aromatic rings. The smallest absolute Gasteiger partial charge is 0.260 e. The van der Waals surface area contributed by atoms with Crippen LogP contribution in [0.15, 0.2) is 24.3 Å². The maximum absolute atomic E-state index is 11.9. The molecule has 1 aromatic carbocycles. The highest BCUT2D eigenvalue weighted by molar-refractivity contribution is 5.77. The zero-order valence-corrected chi connectivity index (χ0v) is 11.8. The molecule has 4 nitrogen and oxygen atoms in total. The van der Waals surface area contributed by atoms with Crippen LogP contribution in [0.25, 0.3) is 0 Å². The Bertz CT molecular complexity index is 409. The number of piperazine rings is 1. The molecule has 0 aromatic heterocycles. The number of nitrogens with two attached hydrogens (primary N) is 1. The van der Waals surface area contributed by atoms with Crippen molar-refractivity contribution in [1.29, 1.82) is 0 Å². The number of quaternary nitrogens is 1. The number of nitrogens with zero attached hydrogens (tertiary/aromatic N) is 1. The maximum Gasteiger partial charge on any atom is 0.260 e. The van der Waals surface area contributed by atoms with Crippen molar-refractivity contribution in [2.24, 2.45) is 0 Å². The van der Waals surface area contributed by atoms with E-state index in [0.717, 1.165) is 31.9 Å². The van der Waals surface area contributed by atoms with Gasteiger partial charge < -0.3 is 15.0 Å². The number of hydrogen-bond donors (Lipinski definition) is 1. The van der Waals surface area contributed by atoms with Crippen molar-refractivity contribution in [3.05, 3.63) is 29.8 Å². The summed E-state index contributed by atoms with van der Waals surface area (Å²) in [5.74, 6) is 1.36. The Hall–Kier alpha value is -1.55. The second kappa shape index (κ2) is 6.57. The van der Waals surface area contributed by atoms with Gasteiger partial charge in [-0.15, -0.1) is 0 Å². The highest BCUT2D eigenvalue weighted by atomic mass is 16.5. The van der Waals surface area contributed by atoms with Crippen molar-refractivity contribution in [1.82, 2.24) is 4.90 Å². The first kappa shape index (κ1) is 13.9. The molecule has 0 radical (unpaired) electrons. The summed E-state index contributed by atoms with van der Waals surface area (Å²) >= 11 is 0. The average molecular weight is 263 g/mol. The van der Waals surface area contributed by atoms with Crippen LogP contribution in [-0.2, 0) is 4.79 Å². The van der Waals surface area contributed by atoms with Crippen molar-refractivity contribution in [2.75, 3.05) is 32.8 Å². The predicted octanol–water partition coefficient (Wildman–Crippen LogP) is 0.594. The zero-order chi connectivity index (χ0) is 13.7. The lowest BCUT2D eigenvalue weighted by Crippen LogP contribution is -2.90. The molecule has 0 spiro atoms. The normalized spacial score (nSPS) is 15.6. The van der Waals surface area contributed by atoms with E-state index in [0.29, 0.717) is 5.92 Å². The molecule has 2 N–H and O–H groups in total. The Morgan fingerprint density at radius 2 is 1.89 bits per heavy atom. The lowest BCUT2D eigenvalue weighted by atomic mass is 10.0. The number of rotatable bonds is 4. The first-order valence-electron chi connectivity index (χ1n) is 6.99. The number of amides is 1. The summed E-state index contributed by atoms with van der Waals surface area (Å²) in [5, 5.41) is 2.23. The van der Waals surface area contributed by atoms with Gasteiger partial charge >= 0.3 is 0 Å². The fraction of sp³-hybridized carbons (Fsp3) is 0.533. The number of carbonyl (C=O) groups excluding carboxylic acids is 1. The summed E-state index contributed by atoms with van der Waals surface area (Å²) in [7, 11) is 0. The van der Waals surface area contributed by atoms with Gasteiger partial charge in [0.15, 0.2) is 6.61 Å². The van der Waals surface area contributed by atoms with Gasteiger partial charge in [-0.3, -0.25) is 4.79 Å². The van der Waals surface area contributed by atoms with E-state index in [1.807, 2.05) is 17.0 Å². The van der Waals surface area contributed by atoms with Gasteiger partial charge in [0.1, 0.15) is 5.75 Å². The van der Waals surface area contributed by atoms with E-state index in [2.05, 4.69) is 31.3 Å². The average Bonchev–Trinajstić information content (AvgIpc) is 2.46. The molecule has 2 rings (SSSR count). The highest BCUT2D eigenvalue weighted by Gasteiger charge is 2.18. The number of carbonyl (C=O) groups is 1. The number of benzene rings is 1. The third kappa shape index (κ3) is 3.96. The molecule has 19 heavy (non-hydrogen) atoms. The topological polar surface area (TPSA) is 46.1 Å². The van der Waals surface area contributed by atoms with Crippen LogP contribution in [-0.4, -0.2) is 43.6 Å². The molecule has 4 heteroatoms. The molecule has 0 unspecified atom stereocenters. The molecule has 0 aliphatic carbocycles. The lowest BCUT2D eigenvalue weighted by molar-refractivity contribution is -0.662. The van der Waals surface area contributed by atoms with Gasteiger partial charge in [0.2, 0.25) is 0 Å². The van der Waals surface area contributed by atoms with Gasteiger partial charge in [0.05, 0.1) is 26.2 Å². The molecule has 1 heterocycles. The van der Waals surface area contributed by atoms with Gasteiger partial charge in [-0.05, 0) is 23.6 Å². The minimum atomic E-state index is 0.0843. The van der Waals surface area contributed by atoms with Crippen molar-refractivity contribution in [3.63, 3.8) is 0 Å².